The molecule has 0 radical (unpaired) electrons. The molecule has 17 heteroatoms. The molecule has 0 aliphatic heterocycles. The molecular weight excluding hydrogens is 699 g/mol. The number of hydrogen-bond donors (Lipinski definition) is 3. The van der Waals surface area contributed by atoms with E-state index < -0.39 is 46.2 Å². The van der Waals surface area contributed by atoms with Crippen molar-refractivity contribution in [1.82, 2.24) is 10.6 Å². The summed E-state index contributed by atoms with van der Waals surface area (Å²) >= 11 is 16.9. The Morgan fingerprint density at radius 3 is 2.06 bits per heavy atom. The van der Waals surface area contributed by atoms with E-state index in [-0.39, 0.29) is 36.2 Å². The lowest BCUT2D eigenvalue weighted by atomic mass is 10.0. The summed E-state index contributed by atoms with van der Waals surface area (Å²) in [6, 6.07) is 5.47. The van der Waals surface area contributed by atoms with Crippen LogP contribution in [-0.2, 0) is 28.5 Å². The third-order valence-corrected chi connectivity index (χ3v) is 6.48. The van der Waals surface area contributed by atoms with Crippen LogP contribution in [-0.4, -0.2) is 87.2 Å². The van der Waals surface area contributed by atoms with Crippen LogP contribution >= 0.6 is 34.8 Å². The third kappa shape index (κ3) is 14.0. The van der Waals surface area contributed by atoms with Gasteiger partial charge in [0.25, 0.3) is 0 Å². The number of nitrogens with one attached hydrogen (secondary N) is 2. The van der Waals surface area contributed by atoms with Crippen molar-refractivity contribution >= 4 is 53.0 Å². The molecule has 0 aliphatic carbocycles. The van der Waals surface area contributed by atoms with Crippen molar-refractivity contribution in [2.24, 2.45) is 0 Å². The summed E-state index contributed by atoms with van der Waals surface area (Å²) in [5.41, 5.74) is 0.372. The van der Waals surface area contributed by atoms with Gasteiger partial charge in [-0.3, -0.25) is 0 Å². The Morgan fingerprint density at radius 2 is 1.48 bits per heavy atom. The minimum absolute atomic E-state index is 0.000661. The number of carboxylic acid groups (broad SMARTS) is 1. The molecule has 0 aliphatic rings. The van der Waals surface area contributed by atoms with E-state index in [0.717, 1.165) is 0 Å². The fourth-order valence-corrected chi connectivity index (χ4v) is 4.13. The van der Waals surface area contributed by atoms with Crippen LogP contribution < -0.4 is 24.8 Å². The van der Waals surface area contributed by atoms with Crippen molar-refractivity contribution in [3.63, 3.8) is 0 Å². The first-order valence-electron chi connectivity index (χ1n) is 14.4. The van der Waals surface area contributed by atoms with Crippen LogP contribution in [0.5, 0.6) is 23.0 Å². The first kappa shape index (κ1) is 40.8. The number of amides is 2. The molecule has 0 heterocycles. The first-order chi connectivity index (χ1) is 22.5. The number of carbonyl (C=O) groups excluding carboxylic acids is 2. The molecular formula is C31H41Cl3N2O12. The van der Waals surface area contributed by atoms with Crippen molar-refractivity contribution in [2.45, 2.75) is 49.2 Å². The Labute approximate surface area is 294 Å². The van der Waals surface area contributed by atoms with Gasteiger partial charge in [-0.25, -0.2) is 14.4 Å². The number of benzene rings is 2. The van der Waals surface area contributed by atoms with Gasteiger partial charge in [-0.2, -0.15) is 0 Å². The molecule has 2 amide bonds. The minimum Gasteiger partial charge on any atom is -0.496 e. The van der Waals surface area contributed by atoms with Crippen LogP contribution in [0, 0.1) is 6.92 Å². The van der Waals surface area contributed by atoms with E-state index in [0.29, 0.717) is 30.1 Å². The number of rotatable bonds is 17. The topological polar surface area (TPSA) is 169 Å². The van der Waals surface area contributed by atoms with Crippen molar-refractivity contribution in [3.05, 3.63) is 47.0 Å². The van der Waals surface area contributed by atoms with Crippen molar-refractivity contribution in [3.8, 4) is 23.0 Å². The molecule has 2 rings (SSSR count). The standard InChI is InChI=1S/C31H41Cl3N2O12/c1-18-23(43-7)13-20(26(27(37)38)36-28(39)46-16-31(32,33)34)14-24(18)47-25-12-19(8-9-22(25)42-6)21(15-45-17-44-11-10-41-5)35-29(40)48-30(2,3)4/h8-9,12-14,21,26H,10-11,15-17H2,1-7H3,(H,35,40)(H,36,39)(H,37,38)/t21-,26-/m0/s1. The Balaban J connectivity index is 2.47. The van der Waals surface area contributed by atoms with Crippen LogP contribution in [0.15, 0.2) is 30.3 Å². The highest BCUT2D eigenvalue weighted by atomic mass is 35.6. The van der Waals surface area contributed by atoms with Gasteiger partial charge in [-0.1, -0.05) is 40.9 Å². The van der Waals surface area contributed by atoms with Gasteiger partial charge in [0.2, 0.25) is 3.79 Å². The van der Waals surface area contributed by atoms with E-state index in [2.05, 4.69) is 10.6 Å². The molecule has 3 N–H and O–H groups in total. The fourth-order valence-electron chi connectivity index (χ4n) is 3.97. The van der Waals surface area contributed by atoms with Gasteiger partial charge < -0.3 is 53.6 Å². The Morgan fingerprint density at radius 1 is 0.833 bits per heavy atom. The van der Waals surface area contributed by atoms with Gasteiger partial charge >= 0.3 is 18.2 Å². The molecule has 0 saturated carbocycles. The Kier molecular flexibility index (Phi) is 16.1. The fraction of sp³-hybridized carbons (Fsp3) is 0.516. The second-order valence-corrected chi connectivity index (χ2v) is 13.6. The molecule has 0 fully saturated rings. The van der Waals surface area contributed by atoms with Crippen LogP contribution in [0.3, 0.4) is 0 Å². The summed E-state index contributed by atoms with van der Waals surface area (Å²) < 4.78 is 41.7. The number of carbonyl (C=O) groups is 3. The number of carboxylic acids is 1. The Bertz CT molecular complexity index is 1380. The van der Waals surface area contributed by atoms with Crippen LogP contribution in [0.4, 0.5) is 9.59 Å². The van der Waals surface area contributed by atoms with Gasteiger partial charge in [0.1, 0.15) is 30.5 Å². The molecule has 48 heavy (non-hydrogen) atoms. The molecule has 0 bridgehead atoms. The van der Waals surface area contributed by atoms with Gasteiger partial charge in [0.15, 0.2) is 17.5 Å². The molecule has 0 unspecified atom stereocenters. The van der Waals surface area contributed by atoms with Crippen LogP contribution in [0.25, 0.3) is 0 Å². The van der Waals surface area contributed by atoms with E-state index in [4.69, 9.17) is 72.7 Å². The molecule has 268 valence electrons. The van der Waals surface area contributed by atoms with Crippen LogP contribution in [0.2, 0.25) is 0 Å². The summed E-state index contributed by atoms with van der Waals surface area (Å²) in [5.74, 6) is -0.481. The second-order valence-electron chi connectivity index (χ2n) is 11.1. The number of halogens is 3. The van der Waals surface area contributed by atoms with Crippen molar-refractivity contribution in [2.75, 3.05) is 54.5 Å². The number of methoxy groups -OCH3 is 3. The Hall–Kier alpha value is -3.40. The summed E-state index contributed by atoms with van der Waals surface area (Å²) in [7, 11) is 4.38. The highest BCUT2D eigenvalue weighted by Gasteiger charge is 2.28. The second kappa shape index (κ2) is 19.0. The number of hydrogen-bond acceptors (Lipinski definition) is 11. The van der Waals surface area contributed by atoms with Gasteiger partial charge in [0.05, 0.1) is 40.1 Å². The zero-order chi connectivity index (χ0) is 36.1. The smallest absolute Gasteiger partial charge is 0.408 e. The lowest BCUT2D eigenvalue weighted by molar-refractivity contribution is -0.139. The zero-order valence-electron chi connectivity index (χ0n) is 27.6. The highest BCUT2D eigenvalue weighted by molar-refractivity contribution is 6.67. The third-order valence-electron chi connectivity index (χ3n) is 6.15. The van der Waals surface area contributed by atoms with Crippen molar-refractivity contribution in [1.29, 1.82) is 0 Å². The maximum atomic E-state index is 12.7. The quantitative estimate of drug-likeness (QED) is 0.0952. The number of alkyl carbamates (subject to hydrolysis) is 2. The van der Waals surface area contributed by atoms with Crippen molar-refractivity contribution < 1.29 is 57.4 Å². The average molecular weight is 740 g/mol. The lowest BCUT2D eigenvalue weighted by Crippen LogP contribution is -2.36. The average Bonchev–Trinajstić information content (AvgIpc) is 2.99. The predicted octanol–water partition coefficient (Wildman–Crippen LogP) is 6.23. The molecule has 0 spiro atoms. The highest BCUT2D eigenvalue weighted by Crippen LogP contribution is 2.39. The first-order valence-corrected chi connectivity index (χ1v) is 15.5. The van der Waals surface area contributed by atoms with Gasteiger partial charge in [-0.05, 0) is 63.1 Å². The van der Waals surface area contributed by atoms with E-state index >= 15 is 0 Å². The maximum absolute atomic E-state index is 12.7. The van der Waals surface area contributed by atoms with Crippen LogP contribution in [0.1, 0.15) is 49.5 Å². The van der Waals surface area contributed by atoms with E-state index in [9.17, 15) is 19.5 Å². The maximum Gasteiger partial charge on any atom is 0.408 e. The predicted molar refractivity (Wildman–Crippen MR) is 177 cm³/mol. The molecule has 14 nitrogen and oxygen atoms in total. The number of ether oxygens (including phenoxy) is 8. The lowest BCUT2D eigenvalue weighted by Gasteiger charge is -2.25. The largest absolute Gasteiger partial charge is 0.496 e. The normalized spacial score (nSPS) is 12.8. The van der Waals surface area contributed by atoms with Gasteiger partial charge in [-0.15, -0.1) is 0 Å². The molecule has 2 aromatic carbocycles. The van der Waals surface area contributed by atoms with E-state index in [1.807, 2.05) is 0 Å². The molecule has 0 saturated heterocycles. The van der Waals surface area contributed by atoms with E-state index in [1.54, 1.807) is 53.0 Å². The summed E-state index contributed by atoms with van der Waals surface area (Å²) in [5, 5.41) is 15.0. The monoisotopic (exact) mass is 738 g/mol. The SMILES string of the molecule is COCCOCOC[C@H](NC(=O)OC(C)(C)C)c1ccc(OC)c(Oc2cc([C@H](NC(=O)OCC(Cl)(Cl)Cl)C(=O)O)cc(OC)c2C)c1. The minimum atomic E-state index is -1.90. The summed E-state index contributed by atoms with van der Waals surface area (Å²) in [6.07, 6.45) is -1.82. The molecule has 2 aromatic rings. The summed E-state index contributed by atoms with van der Waals surface area (Å²) in [6.45, 7) is 6.94. The summed E-state index contributed by atoms with van der Waals surface area (Å²) in [4.78, 5) is 37.3. The molecule has 2 atom stereocenters. The number of aliphatic carboxylic acids is 1. The zero-order valence-corrected chi connectivity index (χ0v) is 29.9. The number of alkyl halides is 3. The van der Waals surface area contributed by atoms with E-state index in [1.165, 1.54) is 26.4 Å². The molecule has 0 aromatic heterocycles. The van der Waals surface area contributed by atoms with Gasteiger partial charge in [0, 0.05) is 12.7 Å².